The van der Waals surface area contributed by atoms with E-state index in [1.807, 2.05) is 19.1 Å². The van der Waals surface area contributed by atoms with E-state index >= 15 is 0 Å². The number of ether oxygens (including phenoxy) is 2. The number of nitrogens with one attached hydrogen (secondary N) is 1. The van der Waals surface area contributed by atoms with Gasteiger partial charge in [-0.15, -0.1) is 0 Å². The van der Waals surface area contributed by atoms with Gasteiger partial charge in [0.2, 0.25) is 0 Å². The van der Waals surface area contributed by atoms with Crippen LogP contribution in [-0.4, -0.2) is 24.2 Å². The fourth-order valence-corrected chi connectivity index (χ4v) is 3.15. The molecular formula is C21H22FN3O2. The molecule has 1 atom stereocenters. The van der Waals surface area contributed by atoms with Gasteiger partial charge in [0.15, 0.2) is 11.5 Å². The summed E-state index contributed by atoms with van der Waals surface area (Å²) in [5.41, 5.74) is 1.80. The van der Waals surface area contributed by atoms with Crippen LogP contribution in [-0.2, 0) is 0 Å². The van der Waals surface area contributed by atoms with Crippen molar-refractivity contribution in [3.63, 3.8) is 0 Å². The van der Waals surface area contributed by atoms with Crippen molar-refractivity contribution in [1.82, 2.24) is 9.97 Å². The normalized spacial score (nSPS) is 14.8. The van der Waals surface area contributed by atoms with Crippen molar-refractivity contribution in [2.75, 3.05) is 19.5 Å². The van der Waals surface area contributed by atoms with Crippen LogP contribution in [0.2, 0.25) is 0 Å². The molecule has 0 radical (unpaired) electrons. The maximum Gasteiger partial charge on any atom is 0.162 e. The molecule has 1 aromatic heterocycles. The summed E-state index contributed by atoms with van der Waals surface area (Å²) >= 11 is 0. The van der Waals surface area contributed by atoms with Gasteiger partial charge >= 0.3 is 0 Å². The molecule has 1 fully saturated rings. The van der Waals surface area contributed by atoms with Crippen LogP contribution in [0.1, 0.15) is 43.1 Å². The van der Waals surface area contributed by atoms with E-state index in [2.05, 4.69) is 5.32 Å². The van der Waals surface area contributed by atoms with Gasteiger partial charge in [-0.05, 0) is 43.5 Å². The minimum atomic E-state index is -0.244. The van der Waals surface area contributed by atoms with Crippen molar-refractivity contribution >= 4 is 16.7 Å². The Morgan fingerprint density at radius 1 is 1.04 bits per heavy atom. The molecule has 1 aliphatic carbocycles. The topological polar surface area (TPSA) is 56.3 Å². The van der Waals surface area contributed by atoms with Gasteiger partial charge < -0.3 is 14.8 Å². The van der Waals surface area contributed by atoms with Crippen molar-refractivity contribution in [2.24, 2.45) is 0 Å². The molecular weight excluding hydrogens is 345 g/mol. The number of hydrogen-bond acceptors (Lipinski definition) is 5. The lowest BCUT2D eigenvalue weighted by molar-refractivity contribution is 0.356. The Balaban J connectivity index is 1.78. The van der Waals surface area contributed by atoms with Crippen LogP contribution in [0.5, 0.6) is 11.5 Å². The SMILES string of the molecule is COc1cc2nc(C3CC3)nc(NC(C)c3ccc(F)cc3)c2cc1OC. The number of hydrogen-bond donors (Lipinski definition) is 1. The van der Waals surface area contributed by atoms with E-state index in [4.69, 9.17) is 19.4 Å². The molecule has 27 heavy (non-hydrogen) atoms. The largest absolute Gasteiger partial charge is 0.493 e. The fourth-order valence-electron chi connectivity index (χ4n) is 3.15. The third kappa shape index (κ3) is 3.52. The van der Waals surface area contributed by atoms with Gasteiger partial charge in [-0.3, -0.25) is 0 Å². The molecule has 0 spiro atoms. The summed E-state index contributed by atoms with van der Waals surface area (Å²) in [4.78, 5) is 9.52. The van der Waals surface area contributed by atoms with Crippen LogP contribution < -0.4 is 14.8 Å². The molecule has 1 saturated carbocycles. The van der Waals surface area contributed by atoms with Crippen LogP contribution >= 0.6 is 0 Å². The van der Waals surface area contributed by atoms with E-state index in [0.717, 1.165) is 41.0 Å². The Morgan fingerprint density at radius 3 is 2.33 bits per heavy atom. The molecule has 0 amide bonds. The Hall–Kier alpha value is -2.89. The van der Waals surface area contributed by atoms with E-state index in [1.165, 1.54) is 12.1 Å². The van der Waals surface area contributed by atoms with Gasteiger partial charge in [0.1, 0.15) is 17.5 Å². The van der Waals surface area contributed by atoms with Gasteiger partial charge in [-0.1, -0.05) is 12.1 Å². The highest BCUT2D eigenvalue weighted by Gasteiger charge is 2.28. The first-order chi connectivity index (χ1) is 13.1. The van der Waals surface area contributed by atoms with Crippen molar-refractivity contribution in [2.45, 2.75) is 31.7 Å². The zero-order valence-electron chi connectivity index (χ0n) is 15.6. The molecule has 4 rings (SSSR count). The molecule has 2 aromatic carbocycles. The standard InChI is InChI=1S/C21H22FN3O2/c1-12(13-6-8-15(22)9-7-13)23-21-16-10-18(26-2)19(27-3)11-17(16)24-20(25-21)14-4-5-14/h6-12,14H,4-5H2,1-3H3,(H,23,24,25). The minimum absolute atomic E-state index is 0.0381. The number of methoxy groups -OCH3 is 2. The van der Waals surface area contributed by atoms with E-state index in [1.54, 1.807) is 26.4 Å². The van der Waals surface area contributed by atoms with Crippen LogP contribution in [0.15, 0.2) is 36.4 Å². The lowest BCUT2D eigenvalue weighted by atomic mass is 10.1. The monoisotopic (exact) mass is 367 g/mol. The number of nitrogens with zero attached hydrogens (tertiary/aromatic N) is 2. The number of anilines is 1. The summed E-state index contributed by atoms with van der Waals surface area (Å²) in [5.74, 6) is 3.05. The lowest BCUT2D eigenvalue weighted by Gasteiger charge is -2.18. The Labute approximate surface area is 157 Å². The highest BCUT2D eigenvalue weighted by atomic mass is 19.1. The number of aromatic nitrogens is 2. The molecule has 1 heterocycles. The molecule has 140 valence electrons. The summed E-state index contributed by atoms with van der Waals surface area (Å²) < 4.78 is 24.1. The molecule has 3 aromatic rings. The first-order valence-electron chi connectivity index (χ1n) is 9.04. The fraction of sp³-hybridized carbons (Fsp3) is 0.333. The number of halogens is 1. The molecule has 5 nitrogen and oxygen atoms in total. The Kier molecular flexibility index (Phi) is 4.56. The highest BCUT2D eigenvalue weighted by molar-refractivity contribution is 5.92. The number of fused-ring (bicyclic) bond motifs is 1. The minimum Gasteiger partial charge on any atom is -0.493 e. The van der Waals surface area contributed by atoms with Gasteiger partial charge in [0.25, 0.3) is 0 Å². The molecule has 0 bridgehead atoms. The Morgan fingerprint density at radius 2 is 1.70 bits per heavy atom. The zero-order chi connectivity index (χ0) is 19.0. The van der Waals surface area contributed by atoms with Gasteiger partial charge in [-0.2, -0.15) is 0 Å². The first kappa shape index (κ1) is 17.5. The lowest BCUT2D eigenvalue weighted by Crippen LogP contribution is -2.10. The first-order valence-corrected chi connectivity index (χ1v) is 9.04. The van der Waals surface area contributed by atoms with Crippen molar-refractivity contribution in [1.29, 1.82) is 0 Å². The number of benzene rings is 2. The summed E-state index contributed by atoms with van der Waals surface area (Å²) in [6.07, 6.45) is 2.23. The van der Waals surface area contributed by atoms with Gasteiger partial charge in [-0.25, -0.2) is 14.4 Å². The van der Waals surface area contributed by atoms with Crippen molar-refractivity contribution in [3.8, 4) is 11.5 Å². The second-order valence-electron chi connectivity index (χ2n) is 6.85. The molecule has 0 saturated heterocycles. The molecule has 1 aliphatic rings. The molecule has 1 N–H and O–H groups in total. The quantitative estimate of drug-likeness (QED) is 0.676. The average molecular weight is 367 g/mol. The molecule has 1 unspecified atom stereocenters. The summed E-state index contributed by atoms with van der Waals surface area (Å²) in [6.45, 7) is 2.03. The van der Waals surface area contributed by atoms with Crippen LogP contribution in [0, 0.1) is 5.82 Å². The van der Waals surface area contributed by atoms with E-state index < -0.39 is 0 Å². The number of rotatable bonds is 6. The third-order valence-electron chi connectivity index (χ3n) is 4.88. The predicted molar refractivity (Wildman–Crippen MR) is 103 cm³/mol. The summed E-state index contributed by atoms with van der Waals surface area (Å²) in [5, 5.41) is 4.33. The molecule has 0 aliphatic heterocycles. The maximum absolute atomic E-state index is 13.2. The highest BCUT2D eigenvalue weighted by Crippen LogP contribution is 2.41. The van der Waals surface area contributed by atoms with Crippen LogP contribution in [0.3, 0.4) is 0 Å². The van der Waals surface area contributed by atoms with Crippen molar-refractivity contribution in [3.05, 3.63) is 53.6 Å². The maximum atomic E-state index is 13.2. The van der Waals surface area contributed by atoms with Gasteiger partial charge in [0.05, 0.1) is 19.7 Å². The van der Waals surface area contributed by atoms with Crippen LogP contribution in [0.4, 0.5) is 10.2 Å². The van der Waals surface area contributed by atoms with Crippen LogP contribution in [0.25, 0.3) is 10.9 Å². The molecule has 6 heteroatoms. The zero-order valence-corrected chi connectivity index (χ0v) is 15.6. The average Bonchev–Trinajstić information content (AvgIpc) is 3.52. The third-order valence-corrected chi connectivity index (χ3v) is 4.88. The van der Waals surface area contributed by atoms with E-state index in [9.17, 15) is 4.39 Å². The van der Waals surface area contributed by atoms with E-state index in [-0.39, 0.29) is 11.9 Å². The predicted octanol–water partition coefficient (Wildman–Crippen LogP) is 4.84. The summed E-state index contributed by atoms with van der Waals surface area (Å²) in [6, 6.07) is 10.2. The van der Waals surface area contributed by atoms with E-state index in [0.29, 0.717) is 17.4 Å². The van der Waals surface area contributed by atoms with Crippen molar-refractivity contribution < 1.29 is 13.9 Å². The second kappa shape index (κ2) is 7.02. The van der Waals surface area contributed by atoms with Gasteiger partial charge in [0, 0.05) is 23.4 Å². The summed E-state index contributed by atoms with van der Waals surface area (Å²) in [7, 11) is 3.22. The Bertz CT molecular complexity index is 971. The second-order valence-corrected chi connectivity index (χ2v) is 6.85. The smallest absolute Gasteiger partial charge is 0.162 e.